The molecule has 0 atom stereocenters. The highest BCUT2D eigenvalue weighted by Crippen LogP contribution is 2.27. The second-order valence-corrected chi connectivity index (χ2v) is 4.48. The summed E-state index contributed by atoms with van der Waals surface area (Å²) in [6.07, 6.45) is -0.346. The van der Waals surface area contributed by atoms with Crippen molar-refractivity contribution in [3.05, 3.63) is 0 Å². The second-order valence-electron chi connectivity index (χ2n) is 3.86. The third kappa shape index (κ3) is 5.05. The Hall–Kier alpha value is 0.0400. The van der Waals surface area contributed by atoms with Crippen molar-refractivity contribution >= 4 is 11.6 Å². The standard InChI is InChI=1S/C9H15ClF3N/c10-8-3-1-7(2-4-8)5-14-6-9(11,12)13/h7-8,14H,1-6H2. The van der Waals surface area contributed by atoms with Crippen LogP contribution in [0.1, 0.15) is 25.7 Å². The van der Waals surface area contributed by atoms with Gasteiger partial charge in [-0.1, -0.05) is 0 Å². The number of nitrogens with one attached hydrogen (secondary N) is 1. The number of halogens is 4. The molecule has 0 radical (unpaired) electrons. The van der Waals surface area contributed by atoms with Gasteiger partial charge in [0.2, 0.25) is 0 Å². The Labute approximate surface area is 87.0 Å². The van der Waals surface area contributed by atoms with Gasteiger partial charge in [0.15, 0.2) is 0 Å². The Balaban J connectivity index is 2.08. The molecule has 5 heteroatoms. The maximum Gasteiger partial charge on any atom is 0.401 e. The molecule has 0 aromatic heterocycles. The number of alkyl halides is 4. The Morgan fingerprint density at radius 1 is 1.14 bits per heavy atom. The van der Waals surface area contributed by atoms with Gasteiger partial charge in [-0.3, -0.25) is 0 Å². The fourth-order valence-electron chi connectivity index (χ4n) is 1.74. The molecule has 1 fully saturated rings. The first-order valence-electron chi connectivity index (χ1n) is 4.89. The van der Waals surface area contributed by atoms with Crippen molar-refractivity contribution in [2.24, 2.45) is 5.92 Å². The topological polar surface area (TPSA) is 12.0 Å². The Morgan fingerprint density at radius 3 is 2.21 bits per heavy atom. The summed E-state index contributed by atoms with van der Waals surface area (Å²) in [5.41, 5.74) is 0. The summed E-state index contributed by atoms with van der Waals surface area (Å²) in [6, 6.07) is 0. The molecule has 1 nitrogen and oxygen atoms in total. The molecule has 0 amide bonds. The van der Waals surface area contributed by atoms with Crippen LogP contribution in [0.4, 0.5) is 13.2 Å². The maximum absolute atomic E-state index is 11.8. The molecule has 0 bridgehead atoms. The lowest BCUT2D eigenvalue weighted by atomic mass is 9.89. The van der Waals surface area contributed by atoms with Crippen LogP contribution in [0.2, 0.25) is 0 Å². The summed E-state index contributed by atoms with van der Waals surface area (Å²) >= 11 is 5.89. The summed E-state index contributed by atoms with van der Waals surface area (Å²) in [7, 11) is 0. The van der Waals surface area contributed by atoms with E-state index in [1.165, 1.54) is 0 Å². The van der Waals surface area contributed by atoms with Gasteiger partial charge in [0.25, 0.3) is 0 Å². The fraction of sp³-hybridized carbons (Fsp3) is 1.00. The normalized spacial score (nSPS) is 29.1. The van der Waals surface area contributed by atoms with E-state index in [0.29, 0.717) is 12.5 Å². The monoisotopic (exact) mass is 229 g/mol. The smallest absolute Gasteiger partial charge is 0.308 e. The molecule has 1 rings (SSSR count). The zero-order valence-corrected chi connectivity index (χ0v) is 8.67. The van der Waals surface area contributed by atoms with Crippen LogP contribution >= 0.6 is 11.6 Å². The van der Waals surface area contributed by atoms with Gasteiger partial charge in [-0.2, -0.15) is 13.2 Å². The zero-order chi connectivity index (χ0) is 10.6. The van der Waals surface area contributed by atoms with E-state index in [1.807, 2.05) is 0 Å². The van der Waals surface area contributed by atoms with Crippen molar-refractivity contribution in [2.75, 3.05) is 13.1 Å². The molecular formula is C9H15ClF3N. The summed E-state index contributed by atoms with van der Waals surface area (Å²) in [5.74, 6) is 0.368. The van der Waals surface area contributed by atoms with Crippen LogP contribution in [0.5, 0.6) is 0 Å². The quantitative estimate of drug-likeness (QED) is 0.734. The van der Waals surface area contributed by atoms with Crippen LogP contribution in [0.3, 0.4) is 0 Å². The van der Waals surface area contributed by atoms with Crippen molar-refractivity contribution in [1.82, 2.24) is 5.32 Å². The Kier molecular flexibility index (Phi) is 4.51. The van der Waals surface area contributed by atoms with Crippen LogP contribution in [-0.2, 0) is 0 Å². The van der Waals surface area contributed by atoms with Crippen LogP contribution in [-0.4, -0.2) is 24.6 Å². The predicted octanol–water partition coefficient (Wildman–Crippen LogP) is 2.94. The van der Waals surface area contributed by atoms with E-state index in [0.717, 1.165) is 25.7 Å². The molecule has 0 aromatic carbocycles. The van der Waals surface area contributed by atoms with E-state index in [1.54, 1.807) is 0 Å². The van der Waals surface area contributed by atoms with Crippen molar-refractivity contribution in [3.8, 4) is 0 Å². The summed E-state index contributed by atoms with van der Waals surface area (Å²) < 4.78 is 35.4. The van der Waals surface area contributed by atoms with Crippen LogP contribution in [0, 0.1) is 5.92 Å². The predicted molar refractivity (Wildman–Crippen MR) is 50.5 cm³/mol. The van der Waals surface area contributed by atoms with Gasteiger partial charge in [-0.15, -0.1) is 11.6 Å². The lowest BCUT2D eigenvalue weighted by Gasteiger charge is -2.25. The number of rotatable bonds is 3. The minimum Gasteiger partial charge on any atom is -0.308 e. The molecule has 0 aromatic rings. The summed E-state index contributed by atoms with van der Waals surface area (Å²) in [6.45, 7) is -0.420. The van der Waals surface area contributed by atoms with Crippen molar-refractivity contribution in [1.29, 1.82) is 0 Å². The summed E-state index contributed by atoms with van der Waals surface area (Å²) in [4.78, 5) is 0. The van der Waals surface area contributed by atoms with E-state index < -0.39 is 12.7 Å². The van der Waals surface area contributed by atoms with Gasteiger partial charge in [0, 0.05) is 5.38 Å². The molecule has 0 aliphatic heterocycles. The SMILES string of the molecule is FC(F)(F)CNCC1CCC(Cl)CC1. The van der Waals surface area contributed by atoms with E-state index in [-0.39, 0.29) is 5.38 Å². The first-order chi connectivity index (χ1) is 6.47. The fourth-order valence-corrected chi connectivity index (χ4v) is 2.00. The third-order valence-electron chi connectivity index (χ3n) is 2.53. The van der Waals surface area contributed by atoms with Crippen LogP contribution < -0.4 is 5.32 Å². The first-order valence-corrected chi connectivity index (χ1v) is 5.32. The second kappa shape index (κ2) is 5.21. The van der Waals surface area contributed by atoms with Gasteiger partial charge in [0.05, 0.1) is 6.54 Å². The number of hydrogen-bond donors (Lipinski definition) is 1. The Morgan fingerprint density at radius 2 is 1.71 bits per heavy atom. The molecule has 1 N–H and O–H groups in total. The molecule has 0 spiro atoms. The lowest BCUT2D eigenvalue weighted by molar-refractivity contribution is -0.125. The summed E-state index contributed by atoms with van der Waals surface area (Å²) in [5, 5.41) is 2.67. The highest BCUT2D eigenvalue weighted by molar-refractivity contribution is 6.20. The molecule has 1 saturated carbocycles. The van der Waals surface area contributed by atoms with Crippen LogP contribution in [0.25, 0.3) is 0 Å². The average Bonchev–Trinajstić information content (AvgIpc) is 2.06. The zero-order valence-electron chi connectivity index (χ0n) is 7.91. The van der Waals surface area contributed by atoms with Gasteiger partial charge in [-0.05, 0) is 38.1 Å². The van der Waals surface area contributed by atoms with E-state index in [9.17, 15) is 13.2 Å². The molecule has 14 heavy (non-hydrogen) atoms. The van der Waals surface area contributed by atoms with Crippen molar-refractivity contribution in [3.63, 3.8) is 0 Å². The van der Waals surface area contributed by atoms with E-state index in [2.05, 4.69) is 5.32 Å². The highest BCUT2D eigenvalue weighted by atomic mass is 35.5. The van der Waals surface area contributed by atoms with Gasteiger partial charge < -0.3 is 5.32 Å². The molecule has 1 aliphatic rings. The highest BCUT2D eigenvalue weighted by Gasteiger charge is 2.27. The maximum atomic E-state index is 11.8. The molecule has 0 heterocycles. The van der Waals surface area contributed by atoms with Crippen molar-refractivity contribution < 1.29 is 13.2 Å². The molecule has 0 saturated heterocycles. The minimum atomic E-state index is -4.09. The van der Waals surface area contributed by atoms with Gasteiger partial charge in [-0.25, -0.2) is 0 Å². The Bertz CT molecular complexity index is 164. The molecule has 0 unspecified atom stereocenters. The van der Waals surface area contributed by atoms with Crippen molar-refractivity contribution in [2.45, 2.75) is 37.2 Å². The lowest BCUT2D eigenvalue weighted by Crippen LogP contribution is -2.33. The van der Waals surface area contributed by atoms with E-state index in [4.69, 9.17) is 11.6 Å². The first kappa shape index (κ1) is 12.1. The van der Waals surface area contributed by atoms with E-state index >= 15 is 0 Å². The minimum absolute atomic E-state index is 0.230. The molecular weight excluding hydrogens is 215 g/mol. The molecule has 1 aliphatic carbocycles. The number of hydrogen-bond acceptors (Lipinski definition) is 1. The van der Waals surface area contributed by atoms with Gasteiger partial charge in [0.1, 0.15) is 0 Å². The average molecular weight is 230 g/mol. The third-order valence-corrected chi connectivity index (χ3v) is 2.97. The largest absolute Gasteiger partial charge is 0.401 e. The van der Waals surface area contributed by atoms with Gasteiger partial charge >= 0.3 is 6.18 Å². The van der Waals surface area contributed by atoms with Crippen LogP contribution in [0.15, 0.2) is 0 Å². The molecule has 84 valence electrons.